The van der Waals surface area contributed by atoms with Gasteiger partial charge < -0.3 is 20.0 Å². The molecule has 0 aliphatic heterocycles. The number of hydrazone groups is 1. The molecule has 0 saturated heterocycles. The van der Waals surface area contributed by atoms with Crippen molar-refractivity contribution < 1.29 is 111 Å². The first kappa shape index (κ1) is 51.2. The Morgan fingerprint density at radius 1 is 0.818 bits per heavy atom. The summed E-state index contributed by atoms with van der Waals surface area (Å²) in [7, 11) is -7.47. The van der Waals surface area contributed by atoms with Crippen LogP contribution in [0.5, 0.6) is 5.75 Å². The number of nitrogens with zero attached hydrogens (tertiary/aromatic N) is 7. The van der Waals surface area contributed by atoms with E-state index in [9.17, 15) is 46.8 Å². The summed E-state index contributed by atoms with van der Waals surface area (Å²) < 4.78 is 68.1. The Morgan fingerprint density at radius 3 is 2.15 bits per heavy atom. The molecule has 324 valence electrons. The summed E-state index contributed by atoms with van der Waals surface area (Å²) in [6.07, 6.45) is 8.97. The van der Waals surface area contributed by atoms with Crippen LogP contribution >= 0.6 is 0 Å². The minimum atomic E-state index is -4.54. The van der Waals surface area contributed by atoms with Crippen LogP contribution in [-0.4, -0.2) is 63.9 Å². The molecule has 5 aromatic carbocycles. The number of allylic oxidation sites excluding steroid dienone is 7. The van der Waals surface area contributed by atoms with Gasteiger partial charge in [-0.15, -0.1) is 26.8 Å². The van der Waals surface area contributed by atoms with E-state index in [4.69, 9.17) is 4.74 Å². The van der Waals surface area contributed by atoms with Gasteiger partial charge in [-0.3, -0.25) is 20.6 Å². The molecule has 0 atom stereocenters. The van der Waals surface area contributed by atoms with Crippen molar-refractivity contribution in [3.8, 4) is 5.75 Å². The van der Waals surface area contributed by atoms with Crippen LogP contribution in [0, 0.1) is 6.92 Å². The summed E-state index contributed by atoms with van der Waals surface area (Å²) >= 11 is 0. The zero-order valence-electron chi connectivity index (χ0n) is 35.3. The molecule has 0 unspecified atom stereocenters. The average Bonchev–Trinajstić information content (AvgIpc) is 3.26. The molecule has 23 heteroatoms. The van der Waals surface area contributed by atoms with Gasteiger partial charge in [0.2, 0.25) is 4.90 Å². The maximum absolute atomic E-state index is 13.0. The number of para-hydroxylation sites is 1. The molecule has 5 aromatic rings. The van der Waals surface area contributed by atoms with Gasteiger partial charge in [0.05, 0.1) is 52.2 Å². The van der Waals surface area contributed by atoms with Crippen LogP contribution in [0.2, 0.25) is 0 Å². The number of ketones is 1. The number of aliphatic imine (C=N–C) groups is 1. The van der Waals surface area contributed by atoms with Crippen molar-refractivity contribution in [2.45, 2.75) is 16.7 Å². The van der Waals surface area contributed by atoms with E-state index in [0.29, 0.717) is 56.6 Å². The third-order valence-corrected chi connectivity index (χ3v) is 11.5. The Labute approximate surface area is 422 Å². The number of rotatable bonds is 13. The number of aliphatic carboxylic acids is 1. The van der Waals surface area contributed by atoms with E-state index in [-0.39, 0.29) is 86.0 Å². The smallest absolute Gasteiger partial charge is 0.657 e. The molecule has 66 heavy (non-hydrogen) atoms. The number of azo groups is 1. The molecule has 0 aromatic heterocycles. The molecule has 0 amide bonds. The molecular formula is C43H33N8Na2O11S2+. The van der Waals surface area contributed by atoms with Gasteiger partial charge in [0.15, 0.2) is 5.78 Å². The Bertz CT molecular complexity index is 3150. The molecule has 2 aliphatic carbocycles. The Hall–Kier alpha value is -5.79. The van der Waals surface area contributed by atoms with Crippen molar-refractivity contribution in [3.05, 3.63) is 150 Å². The number of methoxy groups -OCH3 is 1. The fourth-order valence-corrected chi connectivity index (χ4v) is 7.97. The number of nitrogens with one attached hydrogen (secondary N) is 1. The largest absolute Gasteiger partial charge is 1.00 e. The molecule has 0 bridgehead atoms. The number of hydrogen-bond donors (Lipinski definition) is 5. The van der Waals surface area contributed by atoms with Gasteiger partial charge in [0.25, 0.3) is 10.0 Å². The summed E-state index contributed by atoms with van der Waals surface area (Å²) in [5.41, 5.74) is 5.07. The molecule has 19 nitrogen and oxygen atoms in total. The van der Waals surface area contributed by atoms with Gasteiger partial charge >= 0.3 is 69.6 Å². The molecule has 0 spiro atoms. The number of sulfonamides is 1. The second-order valence-electron chi connectivity index (χ2n) is 13.6. The monoisotopic (exact) mass is 947 g/mol. The number of aryl methyl sites for hydroxylation is 1. The van der Waals surface area contributed by atoms with Crippen molar-refractivity contribution >= 4 is 100.0 Å². The summed E-state index contributed by atoms with van der Waals surface area (Å²) in [5.74, 6) is -2.36. The zero-order chi connectivity index (χ0) is 45.8. The molecule has 0 heterocycles. The summed E-state index contributed by atoms with van der Waals surface area (Å²) in [6, 6.07) is 23.4. The molecule has 5 N–H and O–H groups in total. The van der Waals surface area contributed by atoms with Gasteiger partial charge in [-0.05, 0) is 89.6 Å². The van der Waals surface area contributed by atoms with Crippen LogP contribution in [0.1, 0.15) is 5.56 Å². The number of carboxylic acids is 1. The number of carbonyl (C=O) groups excluding carboxylic acids is 2. The molecule has 7 rings (SSSR count). The van der Waals surface area contributed by atoms with Crippen molar-refractivity contribution in [2.24, 2.45) is 24.7 Å². The minimum absolute atomic E-state index is 0. The third kappa shape index (κ3) is 12.0. The number of anilines is 2. The predicted octanol–water partition coefficient (Wildman–Crippen LogP) is 1.92. The average molecular weight is 948 g/mol. The minimum Gasteiger partial charge on any atom is -0.657 e. The summed E-state index contributed by atoms with van der Waals surface area (Å²) in [5, 5.41) is 49.3. The topological polar surface area (TPSA) is 290 Å². The molecular weight excluding hydrogens is 915 g/mol. The predicted molar refractivity (Wildman–Crippen MR) is 237 cm³/mol. The summed E-state index contributed by atoms with van der Waals surface area (Å²) in [6.45, 7) is 1.81. The van der Waals surface area contributed by atoms with Crippen LogP contribution in [0.25, 0.3) is 16.1 Å². The van der Waals surface area contributed by atoms with Gasteiger partial charge in [-0.1, -0.05) is 48.5 Å². The fraction of sp³-hybridized carbons (Fsp3) is 0.0465. The fourth-order valence-electron chi connectivity index (χ4n) is 6.24. The number of benzene rings is 5. The zero-order valence-corrected chi connectivity index (χ0v) is 40.9. The van der Waals surface area contributed by atoms with Crippen molar-refractivity contribution in [1.82, 2.24) is 0 Å². The molecule has 0 saturated carbocycles. The third-order valence-electron chi connectivity index (χ3n) is 9.31. The number of carboxylic acid groups (broad SMARTS) is 1. The maximum Gasteiger partial charge on any atom is 1.00 e. The first-order valence-electron chi connectivity index (χ1n) is 18.5. The van der Waals surface area contributed by atoms with E-state index in [2.05, 4.69) is 35.5 Å². The van der Waals surface area contributed by atoms with E-state index < -0.39 is 48.4 Å². The van der Waals surface area contributed by atoms with E-state index >= 15 is 0 Å². The number of fused-ring (bicyclic) bond motifs is 1. The van der Waals surface area contributed by atoms with Crippen LogP contribution in [-0.2, 0) is 34.3 Å². The quantitative estimate of drug-likeness (QED) is 0.0282. The molecule has 0 radical (unpaired) electrons. The summed E-state index contributed by atoms with van der Waals surface area (Å²) in [4.78, 5) is 26.6. The molecule has 0 fully saturated rings. The number of ether oxygens (including phenoxy) is 1. The SMILES string of the molecule is COc1cc(NN=C2C=CC(=Nc3ccc(S(=O)(=O)N=C4C=CC(=O)C(C(=O)[O-])=C4)cc3N(O)O)C=C2)c(C)cc1N=Nc1ccc([N-]c2ccccc2)c2c([S+](=O)(O)O)cccc12.[Na+].[Na+]. The number of hydrogen-bond acceptors (Lipinski definition) is 15. The Balaban J connectivity index is 0.00000408. The van der Waals surface area contributed by atoms with E-state index in [0.717, 1.165) is 30.4 Å². The van der Waals surface area contributed by atoms with E-state index in [1.807, 2.05) is 13.0 Å². The van der Waals surface area contributed by atoms with E-state index in [1.165, 1.54) is 25.3 Å². The van der Waals surface area contributed by atoms with Crippen LogP contribution in [0.4, 0.5) is 39.8 Å². The van der Waals surface area contributed by atoms with Crippen molar-refractivity contribution in [2.75, 3.05) is 17.8 Å². The Kier molecular flexibility index (Phi) is 16.8. The van der Waals surface area contributed by atoms with Gasteiger partial charge in [-0.2, -0.15) is 27.0 Å². The van der Waals surface area contributed by atoms with Crippen LogP contribution in [0.15, 0.2) is 174 Å². The second kappa shape index (κ2) is 21.7. The maximum atomic E-state index is 13.0. The number of carbonyl (C=O) groups is 2. The van der Waals surface area contributed by atoms with Crippen molar-refractivity contribution in [1.29, 1.82) is 0 Å². The van der Waals surface area contributed by atoms with Crippen LogP contribution in [0.3, 0.4) is 0 Å². The first-order valence-corrected chi connectivity index (χ1v) is 21.4. The normalized spacial score (nSPS) is 14.1. The second-order valence-corrected chi connectivity index (χ2v) is 16.6. The van der Waals surface area contributed by atoms with Gasteiger partial charge in [0, 0.05) is 28.5 Å². The Morgan fingerprint density at radius 2 is 1.48 bits per heavy atom. The van der Waals surface area contributed by atoms with Gasteiger partial charge in [-0.25, -0.2) is 4.99 Å². The van der Waals surface area contributed by atoms with Crippen LogP contribution < -0.4 is 79.6 Å². The molecule has 2 aliphatic rings. The van der Waals surface area contributed by atoms with Crippen molar-refractivity contribution in [3.63, 3.8) is 0 Å². The van der Waals surface area contributed by atoms with E-state index in [1.54, 1.807) is 78.9 Å². The standard InChI is InChI=1S/C43H34N8O11S2.2Na/c1-25-21-37(49-47-33-18-19-35(45-26-7-4-3-5-8-26)42-31(33)9-6-10-41(42)64(59,60)61)40(62-2)24-36(25)48-46-28-13-11-27(12-14-28)44-34-17-16-30(23-38(34)51(55)56)63(57,58)50-29-15-20-39(52)32(22-29)43(53)54;;/h3-24,55-56H,1-2H3,(H4-,44,45,46,47,48,49,50,52,53,54,59,60,61);;/q;2*+1/p-1. The first-order chi connectivity index (χ1) is 30.5. The van der Waals surface area contributed by atoms with Gasteiger partial charge in [0.1, 0.15) is 17.1 Å².